The highest BCUT2D eigenvalue weighted by molar-refractivity contribution is 6.07. The molecule has 0 spiro atoms. The summed E-state index contributed by atoms with van der Waals surface area (Å²) in [6, 6.07) is 5.92. The van der Waals surface area contributed by atoms with E-state index in [9.17, 15) is 14.4 Å². The van der Waals surface area contributed by atoms with Gasteiger partial charge in [-0.3, -0.25) is 14.4 Å². The van der Waals surface area contributed by atoms with E-state index in [4.69, 9.17) is 11.0 Å². The zero-order valence-electron chi connectivity index (χ0n) is 18.1. The van der Waals surface area contributed by atoms with Gasteiger partial charge < -0.3 is 35.4 Å². The Bertz CT molecular complexity index is 1240. The molecular weight excluding hydrogens is 412 g/mol. The molecule has 3 heterocycles. The summed E-state index contributed by atoms with van der Waals surface area (Å²) < 4.78 is 4.74. The average Bonchev–Trinajstić information content (AvgIpc) is 3.37. The van der Waals surface area contributed by atoms with Gasteiger partial charge in [0.15, 0.2) is 0 Å². The van der Waals surface area contributed by atoms with Crippen molar-refractivity contribution in [2.45, 2.75) is 13.0 Å². The lowest BCUT2D eigenvalue weighted by molar-refractivity contribution is 0.0938. The van der Waals surface area contributed by atoms with Crippen molar-refractivity contribution >= 4 is 34.8 Å². The largest absolute Gasteiger partial charge is 0.397 e. The smallest absolute Gasteiger partial charge is 0.272 e. The molecule has 0 fully saturated rings. The van der Waals surface area contributed by atoms with Crippen molar-refractivity contribution in [3.8, 4) is 6.07 Å². The van der Waals surface area contributed by atoms with Gasteiger partial charge in [-0.2, -0.15) is 5.26 Å². The molecular formula is C21H24N8O3. The maximum Gasteiger partial charge on any atom is 0.272 e. The number of aromatic nitrogens is 3. The van der Waals surface area contributed by atoms with Gasteiger partial charge in [0.1, 0.15) is 23.1 Å². The Balaban J connectivity index is 1.71. The minimum atomic E-state index is -0.639. The van der Waals surface area contributed by atoms with Gasteiger partial charge in [-0.15, -0.1) is 0 Å². The molecule has 166 valence electrons. The maximum absolute atomic E-state index is 12.8. The van der Waals surface area contributed by atoms with Crippen LogP contribution in [-0.4, -0.2) is 37.5 Å². The first-order valence-electron chi connectivity index (χ1n) is 9.66. The van der Waals surface area contributed by atoms with Gasteiger partial charge in [0, 0.05) is 39.7 Å². The number of carbonyl (C=O) groups excluding carboxylic acids is 3. The Labute approximate surface area is 184 Å². The standard InChI is InChI=1S/C21H24N8O3/c1-12(8-22)24-19(30)17-6-14(10-28(17)3)26-21(32)18-7-15(11-29(18)4)25-20(31)16-5-13(23)9-27(16)2/h5-7,9-12H,23H2,1-4H3,(H,24,30)(H,25,31)(H,26,32). The van der Waals surface area contributed by atoms with Crippen molar-refractivity contribution in [2.75, 3.05) is 16.4 Å². The van der Waals surface area contributed by atoms with Crippen LogP contribution in [0.15, 0.2) is 36.8 Å². The number of carbonyl (C=O) groups is 3. The first-order chi connectivity index (χ1) is 15.1. The predicted molar refractivity (Wildman–Crippen MR) is 119 cm³/mol. The second kappa shape index (κ2) is 8.73. The van der Waals surface area contributed by atoms with Gasteiger partial charge >= 0.3 is 0 Å². The highest BCUT2D eigenvalue weighted by Crippen LogP contribution is 2.19. The quantitative estimate of drug-likeness (QED) is 0.461. The van der Waals surface area contributed by atoms with Crippen LogP contribution in [0, 0.1) is 11.3 Å². The summed E-state index contributed by atoms with van der Waals surface area (Å²) in [5.74, 6) is -1.20. The fourth-order valence-corrected chi connectivity index (χ4v) is 3.23. The zero-order chi connectivity index (χ0) is 23.6. The third-order valence-electron chi connectivity index (χ3n) is 4.79. The van der Waals surface area contributed by atoms with Crippen LogP contribution in [0.1, 0.15) is 38.4 Å². The Morgan fingerprint density at radius 2 is 1.28 bits per heavy atom. The molecule has 0 saturated heterocycles. The molecule has 3 aromatic rings. The van der Waals surface area contributed by atoms with Crippen molar-refractivity contribution in [1.29, 1.82) is 5.26 Å². The topological polar surface area (TPSA) is 152 Å². The lowest BCUT2D eigenvalue weighted by atomic mass is 10.3. The van der Waals surface area contributed by atoms with E-state index in [0.717, 1.165) is 0 Å². The van der Waals surface area contributed by atoms with Crippen molar-refractivity contribution in [2.24, 2.45) is 21.1 Å². The second-order valence-electron chi connectivity index (χ2n) is 7.45. The van der Waals surface area contributed by atoms with Gasteiger partial charge in [-0.25, -0.2) is 0 Å². The van der Waals surface area contributed by atoms with Crippen LogP contribution in [0.4, 0.5) is 17.1 Å². The Morgan fingerprint density at radius 1 is 0.844 bits per heavy atom. The van der Waals surface area contributed by atoms with Gasteiger partial charge in [0.05, 0.1) is 23.1 Å². The molecule has 32 heavy (non-hydrogen) atoms. The number of nitriles is 1. The van der Waals surface area contributed by atoms with Crippen molar-refractivity contribution in [1.82, 2.24) is 19.0 Å². The van der Waals surface area contributed by atoms with Crippen LogP contribution in [0.5, 0.6) is 0 Å². The number of hydrogen-bond acceptors (Lipinski definition) is 5. The van der Waals surface area contributed by atoms with Gasteiger partial charge in [-0.1, -0.05) is 0 Å². The van der Waals surface area contributed by atoms with Crippen molar-refractivity contribution in [3.05, 3.63) is 53.9 Å². The van der Waals surface area contributed by atoms with E-state index in [-0.39, 0.29) is 5.91 Å². The summed E-state index contributed by atoms with van der Waals surface area (Å²) in [5, 5.41) is 16.9. The zero-order valence-corrected chi connectivity index (χ0v) is 18.1. The molecule has 0 aliphatic heterocycles. The van der Waals surface area contributed by atoms with Crippen LogP contribution < -0.4 is 21.7 Å². The predicted octanol–water partition coefficient (Wildman–Crippen LogP) is 1.43. The summed E-state index contributed by atoms with van der Waals surface area (Å²) in [7, 11) is 5.05. The number of anilines is 3. The molecule has 5 N–H and O–H groups in total. The fourth-order valence-electron chi connectivity index (χ4n) is 3.23. The lowest BCUT2D eigenvalue weighted by Crippen LogP contribution is -2.32. The molecule has 0 bridgehead atoms. The summed E-state index contributed by atoms with van der Waals surface area (Å²) in [6.45, 7) is 1.57. The molecule has 3 aromatic heterocycles. The Hall–Kier alpha value is -4.46. The molecule has 1 unspecified atom stereocenters. The molecule has 11 heteroatoms. The lowest BCUT2D eigenvalue weighted by Gasteiger charge is -2.06. The van der Waals surface area contributed by atoms with E-state index in [1.165, 1.54) is 6.07 Å². The van der Waals surface area contributed by atoms with Crippen LogP contribution in [0.25, 0.3) is 0 Å². The minimum Gasteiger partial charge on any atom is -0.397 e. The van der Waals surface area contributed by atoms with E-state index in [1.807, 2.05) is 6.07 Å². The summed E-state index contributed by atoms with van der Waals surface area (Å²) >= 11 is 0. The molecule has 0 radical (unpaired) electrons. The van der Waals surface area contributed by atoms with Crippen LogP contribution in [0.3, 0.4) is 0 Å². The van der Waals surface area contributed by atoms with Crippen LogP contribution in [-0.2, 0) is 21.1 Å². The average molecular weight is 436 g/mol. The molecule has 1 atom stereocenters. The molecule has 0 aromatic carbocycles. The number of hydrogen-bond donors (Lipinski definition) is 4. The van der Waals surface area contributed by atoms with Crippen LogP contribution >= 0.6 is 0 Å². The molecule has 3 rings (SSSR count). The number of amides is 3. The van der Waals surface area contributed by atoms with E-state index >= 15 is 0 Å². The Kier molecular flexibility index (Phi) is 6.06. The summed E-state index contributed by atoms with van der Waals surface area (Å²) in [4.78, 5) is 37.5. The number of aryl methyl sites for hydroxylation is 3. The van der Waals surface area contributed by atoms with E-state index in [1.54, 1.807) is 72.5 Å². The molecule has 0 aliphatic carbocycles. The fraction of sp³-hybridized carbons (Fsp3) is 0.238. The number of rotatable bonds is 6. The SMILES string of the molecule is CC(C#N)NC(=O)c1cc(NC(=O)c2cc(NC(=O)c3cc(N)cn3C)cn2C)cn1C. The monoisotopic (exact) mass is 436 g/mol. The van der Waals surface area contributed by atoms with E-state index in [2.05, 4.69) is 16.0 Å². The molecule has 11 nitrogen and oxygen atoms in total. The molecule has 3 amide bonds. The third-order valence-corrected chi connectivity index (χ3v) is 4.79. The number of nitrogens with two attached hydrogens (primary N) is 1. The van der Waals surface area contributed by atoms with E-state index < -0.39 is 17.9 Å². The Morgan fingerprint density at radius 3 is 1.72 bits per heavy atom. The third kappa shape index (κ3) is 4.65. The molecule has 0 saturated carbocycles. The maximum atomic E-state index is 12.8. The number of nitrogens with one attached hydrogen (secondary N) is 3. The highest BCUT2D eigenvalue weighted by atomic mass is 16.2. The normalized spacial score (nSPS) is 11.5. The number of nitrogen functional groups attached to an aromatic ring is 1. The van der Waals surface area contributed by atoms with Gasteiger partial charge in [-0.05, 0) is 25.1 Å². The van der Waals surface area contributed by atoms with Crippen LogP contribution in [0.2, 0.25) is 0 Å². The van der Waals surface area contributed by atoms with Gasteiger partial charge in [0.2, 0.25) is 0 Å². The molecule has 0 aliphatic rings. The minimum absolute atomic E-state index is 0.295. The first kappa shape index (κ1) is 22.2. The highest BCUT2D eigenvalue weighted by Gasteiger charge is 2.18. The second-order valence-corrected chi connectivity index (χ2v) is 7.45. The van der Waals surface area contributed by atoms with Gasteiger partial charge in [0.25, 0.3) is 17.7 Å². The number of nitrogens with zero attached hydrogens (tertiary/aromatic N) is 4. The first-order valence-corrected chi connectivity index (χ1v) is 9.66. The summed E-state index contributed by atoms with van der Waals surface area (Å²) in [5.41, 5.74) is 8.04. The van der Waals surface area contributed by atoms with Crippen molar-refractivity contribution in [3.63, 3.8) is 0 Å². The summed E-state index contributed by atoms with van der Waals surface area (Å²) in [6.07, 6.45) is 4.84. The van der Waals surface area contributed by atoms with Crippen molar-refractivity contribution < 1.29 is 14.4 Å². The van der Waals surface area contributed by atoms with E-state index in [0.29, 0.717) is 34.1 Å².